The number of carbonyl (C=O) groups excluding carboxylic acids is 2. The number of nitrogens with zero attached hydrogens (tertiary/aromatic N) is 2. The molecule has 0 aromatic heterocycles. The van der Waals surface area contributed by atoms with E-state index in [-0.39, 0.29) is 25.0 Å². The van der Waals surface area contributed by atoms with E-state index < -0.39 is 37.9 Å². The Hall–Kier alpha value is -1.19. The van der Waals surface area contributed by atoms with Gasteiger partial charge in [0.25, 0.3) is 0 Å². The third-order valence-corrected chi connectivity index (χ3v) is 7.77. The summed E-state index contributed by atoms with van der Waals surface area (Å²) in [4.78, 5) is 29.8. The number of hydrogen-bond acceptors (Lipinski definition) is 2. The molecule has 20 radical (unpaired) electrons. The first kappa shape index (κ1) is 24.9. The summed E-state index contributed by atoms with van der Waals surface area (Å²) in [7, 11) is 61.8. The molecule has 2 aliphatic heterocycles. The van der Waals surface area contributed by atoms with E-state index in [9.17, 15) is 9.59 Å². The number of rotatable bonds is 1. The standard InChI is InChI=1S/C19H14B10N2O2/c20-15(21)13(16(22,23)18(26,27)19(28,29)17(15,24)25)14(33)30-7-11-10-4-2-1-3-9(10)5-6-31(11)12(32)8-30/h1-4,11,13H,5-8H2/t11-/m0/s1. The summed E-state index contributed by atoms with van der Waals surface area (Å²) in [6.07, 6.45) is 0.721. The summed E-state index contributed by atoms with van der Waals surface area (Å²) < 4.78 is 0. The predicted octanol–water partition coefficient (Wildman–Crippen LogP) is -2.15. The van der Waals surface area contributed by atoms with Gasteiger partial charge in [-0.2, -0.15) is 0 Å². The smallest absolute Gasteiger partial charge is 0.242 e. The van der Waals surface area contributed by atoms with Crippen LogP contribution in [0.4, 0.5) is 0 Å². The molecule has 4 nitrogen and oxygen atoms in total. The lowest BCUT2D eigenvalue weighted by Crippen LogP contribution is -2.67. The monoisotopic (exact) mass is 412 g/mol. The van der Waals surface area contributed by atoms with Gasteiger partial charge in [0, 0.05) is 19.0 Å². The van der Waals surface area contributed by atoms with Gasteiger partial charge in [-0.05, 0) is 17.5 Å². The van der Waals surface area contributed by atoms with Crippen molar-refractivity contribution in [3.63, 3.8) is 0 Å². The second-order valence-electron chi connectivity index (χ2n) is 9.68. The average molecular weight is 410 g/mol. The van der Waals surface area contributed by atoms with Crippen molar-refractivity contribution in [3.8, 4) is 0 Å². The molecule has 1 atom stereocenters. The van der Waals surface area contributed by atoms with E-state index in [0.717, 1.165) is 17.5 Å². The summed E-state index contributed by atoms with van der Waals surface area (Å²) >= 11 is 0. The van der Waals surface area contributed by atoms with Crippen molar-refractivity contribution in [1.29, 1.82) is 0 Å². The summed E-state index contributed by atoms with van der Waals surface area (Å²) in [6, 6.07) is 7.34. The van der Waals surface area contributed by atoms with E-state index >= 15 is 0 Å². The molecule has 0 N–H and O–H groups in total. The first-order valence-corrected chi connectivity index (χ1v) is 10.5. The predicted molar refractivity (Wildman–Crippen MR) is 136 cm³/mol. The first-order chi connectivity index (χ1) is 15.0. The van der Waals surface area contributed by atoms with Gasteiger partial charge in [-0.3, -0.25) is 9.59 Å². The Morgan fingerprint density at radius 1 is 0.848 bits per heavy atom. The van der Waals surface area contributed by atoms with Gasteiger partial charge in [-0.25, -0.2) is 0 Å². The highest BCUT2D eigenvalue weighted by Gasteiger charge is 2.67. The Bertz CT molecular complexity index is 982. The third-order valence-electron chi connectivity index (χ3n) is 7.77. The molecule has 2 amide bonds. The Labute approximate surface area is 209 Å². The molecular weight excluding hydrogens is 396 g/mol. The molecule has 33 heavy (non-hydrogen) atoms. The Morgan fingerprint density at radius 3 is 1.97 bits per heavy atom. The van der Waals surface area contributed by atoms with Crippen LogP contribution in [0.15, 0.2) is 24.3 Å². The number of carbonyl (C=O) groups is 2. The van der Waals surface area contributed by atoms with Crippen molar-refractivity contribution in [3.05, 3.63) is 35.4 Å². The number of amides is 2. The molecule has 142 valence electrons. The number of hydrogen-bond donors (Lipinski definition) is 0. The molecule has 1 aromatic carbocycles. The van der Waals surface area contributed by atoms with Crippen LogP contribution < -0.4 is 0 Å². The zero-order chi connectivity index (χ0) is 24.8. The quantitative estimate of drug-likeness (QED) is 0.496. The summed E-state index contributed by atoms with van der Waals surface area (Å²) in [6.45, 7) is 0.430. The summed E-state index contributed by atoms with van der Waals surface area (Å²) in [5.74, 6) is -2.76. The van der Waals surface area contributed by atoms with Crippen LogP contribution in [0.3, 0.4) is 0 Å². The van der Waals surface area contributed by atoms with Gasteiger partial charge in [0.2, 0.25) is 11.8 Å². The van der Waals surface area contributed by atoms with Gasteiger partial charge in [0.15, 0.2) is 0 Å². The molecule has 2 fully saturated rings. The molecule has 1 saturated heterocycles. The second-order valence-corrected chi connectivity index (χ2v) is 9.68. The zero-order valence-corrected chi connectivity index (χ0v) is 18.3. The first-order valence-electron chi connectivity index (χ1n) is 10.5. The molecule has 3 aliphatic rings. The van der Waals surface area contributed by atoms with Gasteiger partial charge in [0.1, 0.15) is 0 Å². The average Bonchev–Trinajstić information content (AvgIpc) is 2.71. The molecule has 0 spiro atoms. The molecule has 1 saturated carbocycles. The molecule has 1 aromatic rings. The molecule has 14 heteroatoms. The van der Waals surface area contributed by atoms with Crippen LogP contribution >= 0.6 is 0 Å². The zero-order valence-electron chi connectivity index (χ0n) is 18.3. The molecule has 0 unspecified atom stereocenters. The third kappa shape index (κ3) is 3.10. The maximum Gasteiger partial charge on any atom is 0.242 e. The van der Waals surface area contributed by atoms with Gasteiger partial charge < -0.3 is 9.80 Å². The largest absolute Gasteiger partial charge is 0.332 e. The fourth-order valence-electron chi connectivity index (χ4n) is 5.37. The van der Waals surface area contributed by atoms with Gasteiger partial charge in [-0.15, -0.1) is 15.6 Å². The highest BCUT2D eigenvalue weighted by Crippen LogP contribution is 2.80. The minimum atomic E-state index is -2.38. The van der Waals surface area contributed by atoms with Crippen molar-refractivity contribution in [1.82, 2.24) is 9.80 Å². The fourth-order valence-corrected chi connectivity index (χ4v) is 5.37. The van der Waals surface area contributed by atoms with Crippen molar-refractivity contribution >= 4 is 90.3 Å². The van der Waals surface area contributed by atoms with E-state index in [4.69, 9.17) is 78.5 Å². The van der Waals surface area contributed by atoms with E-state index in [1.807, 2.05) is 24.3 Å². The Kier molecular flexibility index (Phi) is 5.59. The Morgan fingerprint density at radius 2 is 1.39 bits per heavy atom. The molecule has 1 aliphatic carbocycles. The van der Waals surface area contributed by atoms with Crippen LogP contribution in [0.1, 0.15) is 17.2 Å². The van der Waals surface area contributed by atoms with Crippen molar-refractivity contribution in [2.75, 3.05) is 19.6 Å². The minimum absolute atomic E-state index is 0.144. The second kappa shape index (κ2) is 7.40. The number of fused-ring (bicyclic) bond motifs is 3. The highest BCUT2D eigenvalue weighted by atomic mass is 16.2. The fraction of sp³-hybridized carbons (Fsp3) is 0.579. The Balaban J connectivity index is 1.75. The normalized spacial score (nSPS) is 29.0. The number of piperazine rings is 1. The van der Waals surface area contributed by atoms with Crippen molar-refractivity contribution in [2.24, 2.45) is 5.92 Å². The van der Waals surface area contributed by atoms with Gasteiger partial charge >= 0.3 is 0 Å². The topological polar surface area (TPSA) is 40.6 Å². The molecule has 2 heterocycles. The van der Waals surface area contributed by atoms with Crippen molar-refractivity contribution in [2.45, 2.75) is 38.5 Å². The maximum atomic E-state index is 13.8. The van der Waals surface area contributed by atoms with Crippen LogP contribution in [0.2, 0.25) is 26.1 Å². The van der Waals surface area contributed by atoms with Crippen LogP contribution in [0.25, 0.3) is 0 Å². The number of benzene rings is 1. The van der Waals surface area contributed by atoms with E-state index in [2.05, 4.69) is 0 Å². The molecule has 4 rings (SSSR count). The van der Waals surface area contributed by atoms with Crippen LogP contribution in [-0.2, 0) is 16.0 Å². The lowest BCUT2D eigenvalue weighted by Gasteiger charge is -2.77. The SMILES string of the molecule is [B]C1([B])C(C(=O)N2CC(=O)N3CCc4ccccc4[C@@H]3C2)C([B])([B])C([B])([B])C([B])([B])C1([B])[B]. The molecular formula is C19H14B10N2O2. The van der Waals surface area contributed by atoms with E-state index in [1.54, 1.807) is 4.90 Å². The summed E-state index contributed by atoms with van der Waals surface area (Å²) in [5.41, 5.74) is 2.04. The molecule has 0 bridgehead atoms. The lowest BCUT2D eigenvalue weighted by molar-refractivity contribution is -0.152. The van der Waals surface area contributed by atoms with Gasteiger partial charge in [-0.1, -0.05) is 34.7 Å². The van der Waals surface area contributed by atoms with Gasteiger partial charge in [0.05, 0.1) is 91.0 Å². The van der Waals surface area contributed by atoms with Crippen LogP contribution in [0, 0.1) is 5.92 Å². The minimum Gasteiger partial charge on any atom is -0.332 e. The van der Waals surface area contributed by atoms with E-state index in [1.165, 1.54) is 4.90 Å². The van der Waals surface area contributed by atoms with Crippen molar-refractivity contribution < 1.29 is 9.59 Å². The van der Waals surface area contributed by atoms with Crippen LogP contribution in [0.5, 0.6) is 0 Å². The maximum absolute atomic E-state index is 13.8. The summed E-state index contributed by atoms with van der Waals surface area (Å²) in [5, 5.41) is -11.8. The van der Waals surface area contributed by atoms with Crippen LogP contribution in [-0.4, -0.2) is 120 Å². The highest BCUT2D eigenvalue weighted by molar-refractivity contribution is 6.70. The lowest BCUT2D eigenvalue weighted by atomic mass is 9.00. The van der Waals surface area contributed by atoms with E-state index in [0.29, 0.717) is 6.54 Å².